The van der Waals surface area contributed by atoms with Crippen LogP contribution in [0.3, 0.4) is 0 Å². The van der Waals surface area contributed by atoms with E-state index in [9.17, 15) is 13.2 Å². The Hall–Kier alpha value is -2.88. The molecule has 0 spiro atoms. The van der Waals surface area contributed by atoms with Gasteiger partial charge in [0.25, 0.3) is 5.91 Å². The highest BCUT2D eigenvalue weighted by atomic mass is 32.2. The van der Waals surface area contributed by atoms with Gasteiger partial charge >= 0.3 is 0 Å². The predicted octanol–water partition coefficient (Wildman–Crippen LogP) is 2.64. The van der Waals surface area contributed by atoms with Crippen LogP contribution in [0.4, 0.5) is 0 Å². The Morgan fingerprint density at radius 1 is 1.07 bits per heavy atom. The molecule has 0 saturated carbocycles. The van der Waals surface area contributed by atoms with E-state index < -0.39 is 10.0 Å². The van der Waals surface area contributed by atoms with Gasteiger partial charge < -0.3 is 4.90 Å². The lowest BCUT2D eigenvalue weighted by Crippen LogP contribution is -2.21. The first-order chi connectivity index (χ1) is 12.8. The van der Waals surface area contributed by atoms with E-state index >= 15 is 0 Å². The maximum Gasteiger partial charge on any atom is 0.253 e. The molecule has 140 valence electrons. The summed E-state index contributed by atoms with van der Waals surface area (Å²) in [7, 11) is -0.175. The van der Waals surface area contributed by atoms with Gasteiger partial charge in [-0.25, -0.2) is 8.42 Å². The lowest BCUT2D eigenvalue weighted by atomic mass is 10.1. The van der Waals surface area contributed by atoms with Gasteiger partial charge in [-0.3, -0.25) is 4.79 Å². The summed E-state index contributed by atoms with van der Waals surface area (Å²) in [5.74, 6) is 5.55. The molecule has 0 fully saturated rings. The molecule has 0 bridgehead atoms. The molecule has 2 rings (SSSR count). The molecule has 0 radical (unpaired) electrons. The third kappa shape index (κ3) is 6.74. The Morgan fingerprint density at radius 3 is 2.30 bits per heavy atom. The van der Waals surface area contributed by atoms with Crippen molar-refractivity contribution in [3.63, 3.8) is 0 Å². The molecule has 2 aromatic rings. The fourth-order valence-electron chi connectivity index (χ4n) is 2.13. The number of carbonyl (C=O) groups is 1. The fraction of sp³-hybridized carbons (Fsp3) is 0.190. The zero-order chi connectivity index (χ0) is 19.9. The van der Waals surface area contributed by atoms with Gasteiger partial charge in [-0.1, -0.05) is 41.7 Å². The molecule has 1 N–H and O–H groups in total. The molecule has 0 aliphatic rings. The third-order valence-electron chi connectivity index (χ3n) is 3.65. The predicted molar refractivity (Wildman–Crippen MR) is 108 cm³/mol. The van der Waals surface area contributed by atoms with Crippen LogP contribution in [-0.2, 0) is 10.0 Å². The average Bonchev–Trinajstić information content (AvgIpc) is 2.65. The van der Waals surface area contributed by atoms with E-state index in [1.165, 1.54) is 11.0 Å². The second kappa shape index (κ2) is 9.17. The van der Waals surface area contributed by atoms with Crippen LogP contribution in [0.1, 0.15) is 27.0 Å². The fourth-order valence-corrected chi connectivity index (χ4v) is 2.84. The monoisotopic (exact) mass is 382 g/mol. The standard InChI is InChI=1S/C21H22N2O3S/c1-17-6-8-19(9-7-17)14-16-27(25,26)22-15-4-5-18-10-12-20(13-11-18)21(24)23(2)3/h6-14,16,22H,15H2,1-3H3/b16-14+. The molecule has 0 unspecified atom stereocenters. The van der Waals surface area contributed by atoms with Gasteiger partial charge in [0.05, 0.1) is 6.54 Å². The van der Waals surface area contributed by atoms with Crippen molar-refractivity contribution in [1.29, 1.82) is 0 Å². The summed E-state index contributed by atoms with van der Waals surface area (Å²) in [4.78, 5) is 13.3. The van der Waals surface area contributed by atoms with Crippen molar-refractivity contribution in [3.05, 3.63) is 76.2 Å². The Kier molecular flexibility index (Phi) is 6.94. The molecule has 0 heterocycles. The Balaban J connectivity index is 1.92. The number of nitrogens with zero attached hydrogens (tertiary/aromatic N) is 1. The van der Waals surface area contributed by atoms with Crippen molar-refractivity contribution in [2.45, 2.75) is 6.92 Å². The van der Waals surface area contributed by atoms with E-state index in [-0.39, 0.29) is 12.5 Å². The lowest BCUT2D eigenvalue weighted by molar-refractivity contribution is 0.0827. The van der Waals surface area contributed by atoms with E-state index in [1.807, 2.05) is 31.2 Å². The molecule has 27 heavy (non-hydrogen) atoms. The number of amides is 1. The molecule has 2 aromatic carbocycles. The number of hydrogen-bond acceptors (Lipinski definition) is 3. The van der Waals surface area contributed by atoms with Crippen LogP contribution in [0.2, 0.25) is 0 Å². The highest BCUT2D eigenvalue weighted by Gasteiger charge is 2.06. The van der Waals surface area contributed by atoms with Gasteiger partial charge in [-0.2, -0.15) is 4.72 Å². The minimum atomic E-state index is -3.56. The van der Waals surface area contributed by atoms with E-state index in [0.29, 0.717) is 11.1 Å². The van der Waals surface area contributed by atoms with Crippen molar-refractivity contribution in [1.82, 2.24) is 9.62 Å². The Bertz CT molecular complexity index is 978. The van der Waals surface area contributed by atoms with Crippen LogP contribution in [0.5, 0.6) is 0 Å². The zero-order valence-electron chi connectivity index (χ0n) is 15.6. The average molecular weight is 382 g/mol. The number of aryl methyl sites for hydroxylation is 1. The Morgan fingerprint density at radius 2 is 1.70 bits per heavy atom. The van der Waals surface area contributed by atoms with Crippen molar-refractivity contribution in [3.8, 4) is 11.8 Å². The molecular formula is C21H22N2O3S. The molecule has 5 nitrogen and oxygen atoms in total. The van der Waals surface area contributed by atoms with Crippen LogP contribution in [0.25, 0.3) is 6.08 Å². The minimum absolute atomic E-state index is 0.00104. The molecule has 0 saturated heterocycles. The van der Waals surface area contributed by atoms with Gasteiger partial charge in [0, 0.05) is 30.6 Å². The summed E-state index contributed by atoms with van der Waals surface area (Å²) in [5.41, 5.74) is 3.21. The van der Waals surface area contributed by atoms with Crippen LogP contribution in [0.15, 0.2) is 53.9 Å². The largest absolute Gasteiger partial charge is 0.345 e. The number of benzene rings is 2. The molecule has 0 aromatic heterocycles. The summed E-state index contributed by atoms with van der Waals surface area (Å²) >= 11 is 0. The van der Waals surface area contributed by atoms with Crippen molar-refractivity contribution in [2.24, 2.45) is 0 Å². The molecule has 0 aliphatic carbocycles. The van der Waals surface area contributed by atoms with E-state index in [2.05, 4.69) is 16.6 Å². The van der Waals surface area contributed by atoms with E-state index in [4.69, 9.17) is 0 Å². The lowest BCUT2D eigenvalue weighted by Gasteiger charge is -2.09. The summed E-state index contributed by atoms with van der Waals surface area (Å²) in [6.07, 6.45) is 1.54. The normalized spacial score (nSPS) is 11.1. The highest BCUT2D eigenvalue weighted by Crippen LogP contribution is 2.06. The quantitative estimate of drug-likeness (QED) is 0.809. The smallest absolute Gasteiger partial charge is 0.253 e. The first-order valence-electron chi connectivity index (χ1n) is 8.32. The number of carbonyl (C=O) groups excluding carboxylic acids is 1. The molecule has 6 heteroatoms. The van der Waals surface area contributed by atoms with Crippen molar-refractivity contribution < 1.29 is 13.2 Å². The number of sulfonamides is 1. The molecule has 0 atom stereocenters. The first kappa shape index (κ1) is 20.4. The zero-order valence-corrected chi connectivity index (χ0v) is 16.4. The third-order valence-corrected chi connectivity index (χ3v) is 4.69. The molecule has 0 aliphatic heterocycles. The topological polar surface area (TPSA) is 66.5 Å². The van der Waals surface area contributed by atoms with Crippen molar-refractivity contribution in [2.75, 3.05) is 20.6 Å². The van der Waals surface area contributed by atoms with Gasteiger partial charge in [0.15, 0.2) is 0 Å². The number of hydrogen-bond donors (Lipinski definition) is 1. The molecule has 1 amide bonds. The highest BCUT2D eigenvalue weighted by molar-refractivity contribution is 7.92. The van der Waals surface area contributed by atoms with Gasteiger partial charge in [0.2, 0.25) is 10.0 Å². The van der Waals surface area contributed by atoms with Gasteiger partial charge in [-0.15, -0.1) is 0 Å². The summed E-state index contributed by atoms with van der Waals surface area (Å²) in [6.45, 7) is 1.97. The summed E-state index contributed by atoms with van der Waals surface area (Å²) < 4.78 is 26.3. The number of nitrogens with one attached hydrogen (secondary N) is 1. The van der Waals surface area contributed by atoms with Crippen molar-refractivity contribution >= 4 is 22.0 Å². The minimum Gasteiger partial charge on any atom is -0.345 e. The second-order valence-electron chi connectivity index (χ2n) is 6.16. The van der Waals surface area contributed by atoms with Crippen LogP contribution in [0, 0.1) is 18.8 Å². The number of rotatable bonds is 5. The van der Waals surface area contributed by atoms with Gasteiger partial charge in [-0.05, 0) is 42.8 Å². The second-order valence-corrected chi connectivity index (χ2v) is 7.81. The first-order valence-corrected chi connectivity index (χ1v) is 9.86. The summed E-state index contributed by atoms with van der Waals surface area (Å²) in [6, 6.07) is 14.4. The Labute approximate surface area is 160 Å². The van der Waals surface area contributed by atoms with E-state index in [0.717, 1.165) is 16.5 Å². The van der Waals surface area contributed by atoms with Crippen LogP contribution < -0.4 is 4.72 Å². The molecular weight excluding hydrogens is 360 g/mol. The summed E-state index contributed by atoms with van der Waals surface area (Å²) in [5, 5.41) is 1.13. The van der Waals surface area contributed by atoms with Crippen LogP contribution in [-0.4, -0.2) is 39.9 Å². The maximum atomic E-state index is 12.0. The maximum absolute atomic E-state index is 12.0. The van der Waals surface area contributed by atoms with Gasteiger partial charge in [0.1, 0.15) is 0 Å². The SMILES string of the molecule is Cc1ccc(/C=C/S(=O)(=O)NCC#Cc2ccc(C(=O)N(C)C)cc2)cc1. The van der Waals surface area contributed by atoms with Crippen LogP contribution >= 0.6 is 0 Å². The van der Waals surface area contributed by atoms with E-state index in [1.54, 1.807) is 38.4 Å².